The number of aryl methyl sites for hydroxylation is 2. The molecule has 0 saturated carbocycles. The Kier molecular flexibility index (Phi) is 3.59. The number of nitrogens with two attached hydrogens (primary N) is 1. The summed E-state index contributed by atoms with van der Waals surface area (Å²) in [5.74, 6) is 0. The second-order valence-corrected chi connectivity index (χ2v) is 4.31. The molecule has 0 bridgehead atoms. The number of rotatable bonds is 4. The molecule has 1 heterocycles. The molecule has 1 aromatic heterocycles. The fraction of sp³-hybridized carbons (Fsp3) is 0.357. The van der Waals surface area contributed by atoms with Crippen LogP contribution in [0.15, 0.2) is 30.5 Å². The molecule has 0 saturated heterocycles. The highest BCUT2D eigenvalue weighted by molar-refractivity contribution is 5.65. The predicted molar refractivity (Wildman–Crippen MR) is 70.5 cm³/mol. The molecule has 0 radical (unpaired) electrons. The SMILES string of the molecule is CCCc1ccc(-c2cn(C)nc2CN)cc1. The van der Waals surface area contributed by atoms with Crippen LogP contribution in [-0.2, 0) is 20.0 Å². The summed E-state index contributed by atoms with van der Waals surface area (Å²) >= 11 is 0. The van der Waals surface area contributed by atoms with Crippen LogP contribution < -0.4 is 5.73 Å². The molecule has 0 fully saturated rings. The van der Waals surface area contributed by atoms with E-state index in [0.29, 0.717) is 6.54 Å². The second kappa shape index (κ2) is 5.15. The van der Waals surface area contributed by atoms with E-state index in [2.05, 4.69) is 36.3 Å². The molecule has 0 aliphatic carbocycles. The van der Waals surface area contributed by atoms with E-state index in [4.69, 9.17) is 5.73 Å². The van der Waals surface area contributed by atoms with Crippen molar-refractivity contribution < 1.29 is 0 Å². The van der Waals surface area contributed by atoms with Crippen molar-refractivity contribution in [3.05, 3.63) is 41.7 Å². The molecular weight excluding hydrogens is 210 g/mol. The Labute approximate surface area is 102 Å². The highest BCUT2D eigenvalue weighted by Crippen LogP contribution is 2.23. The lowest BCUT2D eigenvalue weighted by atomic mass is 10.0. The lowest BCUT2D eigenvalue weighted by molar-refractivity contribution is 0.742. The monoisotopic (exact) mass is 229 g/mol. The molecule has 3 heteroatoms. The number of hydrogen-bond acceptors (Lipinski definition) is 2. The van der Waals surface area contributed by atoms with E-state index in [0.717, 1.165) is 17.7 Å². The number of hydrogen-bond donors (Lipinski definition) is 1. The maximum Gasteiger partial charge on any atom is 0.0838 e. The number of nitrogens with zero attached hydrogens (tertiary/aromatic N) is 2. The first-order valence-electron chi connectivity index (χ1n) is 6.06. The van der Waals surface area contributed by atoms with Crippen LogP contribution in [0.5, 0.6) is 0 Å². The van der Waals surface area contributed by atoms with Gasteiger partial charge in [-0.05, 0) is 17.5 Å². The second-order valence-electron chi connectivity index (χ2n) is 4.31. The van der Waals surface area contributed by atoms with Gasteiger partial charge in [0, 0.05) is 25.4 Å². The number of benzene rings is 1. The summed E-state index contributed by atoms with van der Waals surface area (Å²) in [6.07, 6.45) is 4.34. The Morgan fingerprint density at radius 1 is 1.24 bits per heavy atom. The highest BCUT2D eigenvalue weighted by Gasteiger charge is 2.07. The first kappa shape index (κ1) is 11.9. The minimum atomic E-state index is 0.479. The lowest BCUT2D eigenvalue weighted by Gasteiger charge is -2.03. The van der Waals surface area contributed by atoms with Crippen molar-refractivity contribution >= 4 is 0 Å². The van der Waals surface area contributed by atoms with Crippen LogP contribution in [0.2, 0.25) is 0 Å². The van der Waals surface area contributed by atoms with Crippen molar-refractivity contribution in [1.29, 1.82) is 0 Å². The van der Waals surface area contributed by atoms with Gasteiger partial charge in [0.05, 0.1) is 5.69 Å². The van der Waals surface area contributed by atoms with Gasteiger partial charge in [0.1, 0.15) is 0 Å². The average Bonchev–Trinajstić information content (AvgIpc) is 2.72. The molecule has 0 atom stereocenters. The van der Waals surface area contributed by atoms with E-state index in [9.17, 15) is 0 Å². The van der Waals surface area contributed by atoms with E-state index in [1.54, 1.807) is 0 Å². The topological polar surface area (TPSA) is 43.8 Å². The minimum absolute atomic E-state index is 0.479. The zero-order valence-electron chi connectivity index (χ0n) is 10.5. The third-order valence-electron chi connectivity index (χ3n) is 2.90. The van der Waals surface area contributed by atoms with Crippen LogP contribution in [0, 0.1) is 0 Å². The zero-order valence-corrected chi connectivity index (χ0v) is 10.5. The lowest BCUT2D eigenvalue weighted by Crippen LogP contribution is -1.99. The van der Waals surface area contributed by atoms with Crippen LogP contribution in [0.3, 0.4) is 0 Å². The summed E-state index contributed by atoms with van der Waals surface area (Å²) in [5, 5.41) is 4.36. The fourth-order valence-electron chi connectivity index (χ4n) is 2.07. The molecule has 3 nitrogen and oxygen atoms in total. The smallest absolute Gasteiger partial charge is 0.0838 e. The van der Waals surface area contributed by atoms with Gasteiger partial charge in [-0.15, -0.1) is 0 Å². The van der Waals surface area contributed by atoms with Gasteiger partial charge in [-0.1, -0.05) is 37.6 Å². The Morgan fingerprint density at radius 2 is 1.94 bits per heavy atom. The first-order chi connectivity index (χ1) is 8.24. The minimum Gasteiger partial charge on any atom is -0.325 e. The van der Waals surface area contributed by atoms with Crippen molar-refractivity contribution in [3.8, 4) is 11.1 Å². The van der Waals surface area contributed by atoms with Gasteiger partial charge in [0.15, 0.2) is 0 Å². The molecule has 17 heavy (non-hydrogen) atoms. The Bertz CT molecular complexity index is 483. The van der Waals surface area contributed by atoms with E-state index in [1.807, 2.05) is 17.9 Å². The first-order valence-corrected chi connectivity index (χ1v) is 6.06. The van der Waals surface area contributed by atoms with Crippen LogP contribution in [0.25, 0.3) is 11.1 Å². The Morgan fingerprint density at radius 3 is 2.53 bits per heavy atom. The fourth-order valence-corrected chi connectivity index (χ4v) is 2.07. The Balaban J connectivity index is 2.32. The molecule has 90 valence electrons. The summed E-state index contributed by atoms with van der Waals surface area (Å²) in [7, 11) is 1.92. The van der Waals surface area contributed by atoms with Crippen LogP contribution >= 0.6 is 0 Å². The predicted octanol–water partition coefficient (Wildman–Crippen LogP) is 2.50. The normalized spacial score (nSPS) is 10.8. The van der Waals surface area contributed by atoms with E-state index < -0.39 is 0 Å². The summed E-state index contributed by atoms with van der Waals surface area (Å²) in [6.45, 7) is 2.68. The van der Waals surface area contributed by atoms with Gasteiger partial charge in [-0.3, -0.25) is 4.68 Å². The molecule has 2 rings (SSSR count). The van der Waals surface area contributed by atoms with Crippen LogP contribution in [0.1, 0.15) is 24.6 Å². The van der Waals surface area contributed by atoms with Crippen molar-refractivity contribution in [2.24, 2.45) is 12.8 Å². The highest BCUT2D eigenvalue weighted by atomic mass is 15.3. The maximum absolute atomic E-state index is 5.70. The summed E-state index contributed by atoms with van der Waals surface area (Å²) in [5.41, 5.74) is 10.4. The van der Waals surface area contributed by atoms with E-state index in [-0.39, 0.29) is 0 Å². The molecule has 0 aliphatic heterocycles. The molecule has 1 aromatic carbocycles. The van der Waals surface area contributed by atoms with Crippen LogP contribution in [0.4, 0.5) is 0 Å². The van der Waals surface area contributed by atoms with Gasteiger partial charge in [-0.25, -0.2) is 0 Å². The van der Waals surface area contributed by atoms with Crippen molar-refractivity contribution in [1.82, 2.24) is 9.78 Å². The van der Waals surface area contributed by atoms with E-state index >= 15 is 0 Å². The maximum atomic E-state index is 5.70. The van der Waals surface area contributed by atoms with Gasteiger partial charge in [0.25, 0.3) is 0 Å². The summed E-state index contributed by atoms with van der Waals surface area (Å²) in [4.78, 5) is 0. The summed E-state index contributed by atoms with van der Waals surface area (Å²) < 4.78 is 1.82. The standard InChI is InChI=1S/C14H19N3/c1-3-4-11-5-7-12(8-6-11)13-10-17(2)16-14(13)9-15/h5-8,10H,3-4,9,15H2,1-2H3. The molecule has 2 aromatic rings. The molecule has 0 spiro atoms. The van der Waals surface area contributed by atoms with Crippen molar-refractivity contribution in [3.63, 3.8) is 0 Å². The zero-order chi connectivity index (χ0) is 12.3. The van der Waals surface area contributed by atoms with Gasteiger partial charge >= 0.3 is 0 Å². The summed E-state index contributed by atoms with van der Waals surface area (Å²) in [6, 6.07) is 8.68. The number of aromatic nitrogens is 2. The van der Waals surface area contributed by atoms with Gasteiger partial charge in [-0.2, -0.15) is 5.10 Å². The molecule has 0 aliphatic rings. The van der Waals surface area contributed by atoms with Crippen molar-refractivity contribution in [2.45, 2.75) is 26.3 Å². The Hall–Kier alpha value is -1.61. The average molecular weight is 229 g/mol. The van der Waals surface area contributed by atoms with Crippen LogP contribution in [-0.4, -0.2) is 9.78 Å². The molecule has 0 amide bonds. The molecular formula is C14H19N3. The van der Waals surface area contributed by atoms with Gasteiger partial charge < -0.3 is 5.73 Å². The molecule has 0 unspecified atom stereocenters. The van der Waals surface area contributed by atoms with Crippen molar-refractivity contribution in [2.75, 3.05) is 0 Å². The van der Waals surface area contributed by atoms with E-state index in [1.165, 1.54) is 17.5 Å². The molecule has 2 N–H and O–H groups in total. The largest absolute Gasteiger partial charge is 0.325 e. The quantitative estimate of drug-likeness (QED) is 0.875. The van der Waals surface area contributed by atoms with Gasteiger partial charge in [0.2, 0.25) is 0 Å². The third-order valence-corrected chi connectivity index (χ3v) is 2.90. The third kappa shape index (κ3) is 2.56.